The van der Waals surface area contributed by atoms with Gasteiger partial charge in [-0.15, -0.1) is 0 Å². The molecule has 2 heterocycles. The number of methoxy groups -OCH3 is 1. The van der Waals surface area contributed by atoms with Crippen molar-refractivity contribution in [3.63, 3.8) is 0 Å². The first-order valence-corrected chi connectivity index (χ1v) is 9.71. The highest BCUT2D eigenvalue weighted by atomic mass is 35.5. The lowest BCUT2D eigenvalue weighted by molar-refractivity contribution is 0.0586. The highest BCUT2D eigenvalue weighted by Gasteiger charge is 2.26. The number of hydrogen-bond acceptors (Lipinski definition) is 7. The number of halogens is 1. The van der Waals surface area contributed by atoms with E-state index in [2.05, 4.69) is 15.0 Å². The Hall–Kier alpha value is -3.52. The molecule has 0 aliphatic heterocycles. The molecule has 9 heteroatoms. The van der Waals surface area contributed by atoms with Gasteiger partial charge in [-0.2, -0.15) is 0 Å². The number of carbonyl (C=O) groups excluding carboxylic acids is 2. The molecular formula is C22H21ClN4O4. The highest BCUT2D eigenvalue weighted by Crippen LogP contribution is 2.29. The summed E-state index contributed by atoms with van der Waals surface area (Å²) in [6, 6.07) is 9.98. The van der Waals surface area contributed by atoms with Crippen molar-refractivity contribution in [2.24, 2.45) is 0 Å². The summed E-state index contributed by atoms with van der Waals surface area (Å²) in [6.07, 6.45) is 3.80. The Balaban J connectivity index is 2.07. The molecule has 1 aromatic carbocycles. The van der Waals surface area contributed by atoms with E-state index in [9.17, 15) is 9.59 Å². The van der Waals surface area contributed by atoms with Gasteiger partial charge >= 0.3 is 12.1 Å². The van der Waals surface area contributed by atoms with Gasteiger partial charge in [-0.25, -0.2) is 24.5 Å². The minimum Gasteiger partial charge on any atom is -0.464 e. The summed E-state index contributed by atoms with van der Waals surface area (Å²) >= 11 is 6.14. The van der Waals surface area contributed by atoms with Crippen molar-refractivity contribution in [3.05, 3.63) is 65.7 Å². The first-order valence-electron chi connectivity index (χ1n) is 9.33. The Morgan fingerprint density at radius 3 is 2.55 bits per heavy atom. The van der Waals surface area contributed by atoms with Crippen LogP contribution in [-0.2, 0) is 9.47 Å². The third-order valence-electron chi connectivity index (χ3n) is 3.94. The lowest BCUT2D eigenvalue weighted by atomic mass is 10.1. The van der Waals surface area contributed by atoms with E-state index in [4.69, 9.17) is 21.1 Å². The number of anilines is 2. The Kier molecular flexibility index (Phi) is 6.50. The minimum atomic E-state index is -0.723. The molecule has 0 aliphatic carbocycles. The average molecular weight is 441 g/mol. The number of ether oxygens (including phenoxy) is 2. The van der Waals surface area contributed by atoms with Crippen LogP contribution in [0.1, 0.15) is 31.3 Å². The number of amides is 1. The molecule has 0 saturated heterocycles. The van der Waals surface area contributed by atoms with E-state index in [1.807, 2.05) is 0 Å². The molecule has 31 heavy (non-hydrogen) atoms. The zero-order valence-corrected chi connectivity index (χ0v) is 18.3. The number of aromatic nitrogens is 3. The second kappa shape index (κ2) is 9.09. The number of pyridine rings is 1. The van der Waals surface area contributed by atoms with Crippen molar-refractivity contribution in [1.82, 2.24) is 15.0 Å². The van der Waals surface area contributed by atoms with Crippen LogP contribution in [0.25, 0.3) is 11.3 Å². The van der Waals surface area contributed by atoms with Crippen LogP contribution in [0.3, 0.4) is 0 Å². The zero-order chi connectivity index (χ0) is 22.6. The molecule has 3 aromatic rings. The summed E-state index contributed by atoms with van der Waals surface area (Å²) in [5, 5.41) is 0.451. The third kappa shape index (κ3) is 5.55. The fourth-order valence-corrected chi connectivity index (χ4v) is 2.85. The lowest BCUT2D eigenvalue weighted by Crippen LogP contribution is -2.34. The Morgan fingerprint density at radius 2 is 1.87 bits per heavy atom. The van der Waals surface area contributed by atoms with Crippen molar-refractivity contribution in [1.29, 1.82) is 0 Å². The zero-order valence-electron chi connectivity index (χ0n) is 17.5. The standard InChI is InChI=1S/C22H21ClN4O4/c1-22(2,3)31-21(29)27(16-7-5-6-15(23)11-16)19-13-24-12-18(26-19)14-8-9-25-17(10-14)20(28)30-4/h5-13H,1-4H3. The quantitative estimate of drug-likeness (QED) is 0.523. The summed E-state index contributed by atoms with van der Waals surface area (Å²) in [5.74, 6) is -0.342. The SMILES string of the molecule is COC(=O)c1cc(-c2cncc(N(C(=O)OC(C)(C)C)c3cccc(Cl)c3)n2)ccn1. The van der Waals surface area contributed by atoms with Gasteiger partial charge in [-0.1, -0.05) is 17.7 Å². The van der Waals surface area contributed by atoms with Crippen molar-refractivity contribution in [2.45, 2.75) is 26.4 Å². The molecule has 1 amide bonds. The monoisotopic (exact) mass is 440 g/mol. The van der Waals surface area contributed by atoms with E-state index in [0.717, 1.165) is 0 Å². The maximum absolute atomic E-state index is 13.0. The maximum atomic E-state index is 13.0. The highest BCUT2D eigenvalue weighted by molar-refractivity contribution is 6.31. The lowest BCUT2D eigenvalue weighted by Gasteiger charge is -2.27. The molecule has 0 aliphatic rings. The second-order valence-electron chi connectivity index (χ2n) is 7.48. The number of esters is 1. The maximum Gasteiger partial charge on any atom is 0.420 e. The molecule has 0 N–H and O–H groups in total. The van der Waals surface area contributed by atoms with Crippen molar-refractivity contribution < 1.29 is 19.1 Å². The first kappa shape index (κ1) is 22.2. The molecule has 0 atom stereocenters. The van der Waals surface area contributed by atoms with E-state index in [1.54, 1.807) is 51.1 Å². The fraction of sp³-hybridized carbons (Fsp3) is 0.227. The molecular weight excluding hydrogens is 420 g/mol. The van der Waals surface area contributed by atoms with Crippen LogP contribution in [0, 0.1) is 0 Å². The van der Waals surface area contributed by atoms with Crippen LogP contribution in [0.15, 0.2) is 55.0 Å². The molecule has 2 aromatic heterocycles. The van der Waals surface area contributed by atoms with E-state index < -0.39 is 17.7 Å². The number of nitrogens with zero attached hydrogens (tertiary/aromatic N) is 4. The number of carbonyl (C=O) groups is 2. The van der Waals surface area contributed by atoms with Gasteiger partial charge in [-0.05, 0) is 51.1 Å². The van der Waals surface area contributed by atoms with Gasteiger partial charge in [0.1, 0.15) is 11.3 Å². The number of rotatable bonds is 4. The average Bonchev–Trinajstić information content (AvgIpc) is 2.72. The van der Waals surface area contributed by atoms with Gasteiger partial charge in [0.05, 0.1) is 30.9 Å². The topological polar surface area (TPSA) is 94.5 Å². The molecule has 0 fully saturated rings. The normalized spacial score (nSPS) is 11.0. The largest absolute Gasteiger partial charge is 0.464 e. The molecule has 0 spiro atoms. The van der Waals surface area contributed by atoms with E-state index in [0.29, 0.717) is 22.0 Å². The molecule has 160 valence electrons. The van der Waals surface area contributed by atoms with Crippen molar-refractivity contribution in [2.75, 3.05) is 12.0 Å². The van der Waals surface area contributed by atoms with Gasteiger partial charge < -0.3 is 9.47 Å². The van der Waals surface area contributed by atoms with Gasteiger partial charge in [0, 0.05) is 16.8 Å². The van der Waals surface area contributed by atoms with Gasteiger partial charge in [0.2, 0.25) is 0 Å². The van der Waals surface area contributed by atoms with E-state index in [-0.39, 0.29) is 11.5 Å². The second-order valence-corrected chi connectivity index (χ2v) is 7.92. The third-order valence-corrected chi connectivity index (χ3v) is 4.18. The molecule has 0 saturated carbocycles. The fourth-order valence-electron chi connectivity index (χ4n) is 2.66. The van der Waals surface area contributed by atoms with Crippen LogP contribution in [0.2, 0.25) is 5.02 Å². The van der Waals surface area contributed by atoms with Gasteiger partial charge in [0.25, 0.3) is 0 Å². The van der Waals surface area contributed by atoms with Gasteiger partial charge in [-0.3, -0.25) is 4.98 Å². The van der Waals surface area contributed by atoms with Crippen LogP contribution >= 0.6 is 11.6 Å². The van der Waals surface area contributed by atoms with Gasteiger partial charge in [0.15, 0.2) is 5.82 Å². The van der Waals surface area contributed by atoms with Crippen LogP contribution in [-0.4, -0.2) is 39.7 Å². The van der Waals surface area contributed by atoms with E-state index in [1.165, 1.54) is 36.7 Å². The van der Waals surface area contributed by atoms with Crippen molar-refractivity contribution >= 4 is 35.2 Å². The molecule has 0 unspecified atom stereocenters. The summed E-state index contributed by atoms with van der Waals surface area (Å²) in [7, 11) is 1.28. The Bertz CT molecular complexity index is 1110. The predicted molar refractivity (Wildman–Crippen MR) is 116 cm³/mol. The van der Waals surface area contributed by atoms with Crippen LogP contribution < -0.4 is 4.90 Å². The first-order chi connectivity index (χ1) is 14.7. The Labute approximate surface area is 184 Å². The molecule has 0 radical (unpaired) electrons. The van der Waals surface area contributed by atoms with Crippen LogP contribution in [0.4, 0.5) is 16.3 Å². The summed E-state index contributed by atoms with van der Waals surface area (Å²) in [5.41, 5.74) is 0.893. The van der Waals surface area contributed by atoms with Crippen LogP contribution in [0.5, 0.6) is 0 Å². The Morgan fingerprint density at radius 1 is 1.10 bits per heavy atom. The number of benzene rings is 1. The van der Waals surface area contributed by atoms with Crippen molar-refractivity contribution in [3.8, 4) is 11.3 Å². The molecule has 0 bridgehead atoms. The predicted octanol–water partition coefficient (Wildman–Crippen LogP) is 5.05. The summed E-state index contributed by atoms with van der Waals surface area (Å²) in [6.45, 7) is 5.32. The molecule has 8 nitrogen and oxygen atoms in total. The summed E-state index contributed by atoms with van der Waals surface area (Å²) < 4.78 is 10.3. The molecule has 3 rings (SSSR count). The summed E-state index contributed by atoms with van der Waals surface area (Å²) in [4.78, 5) is 38.9. The minimum absolute atomic E-state index is 0.131. The smallest absolute Gasteiger partial charge is 0.420 e. The number of hydrogen-bond donors (Lipinski definition) is 0. The van der Waals surface area contributed by atoms with E-state index >= 15 is 0 Å².